The molecule has 0 saturated carbocycles. The van der Waals surface area contributed by atoms with Crippen molar-refractivity contribution in [3.8, 4) is 11.5 Å². The van der Waals surface area contributed by atoms with Gasteiger partial charge in [0.05, 0.1) is 22.8 Å². The van der Waals surface area contributed by atoms with Crippen LogP contribution in [0.2, 0.25) is 5.02 Å². The van der Waals surface area contributed by atoms with Gasteiger partial charge >= 0.3 is 0 Å². The van der Waals surface area contributed by atoms with Gasteiger partial charge < -0.3 is 9.47 Å². The summed E-state index contributed by atoms with van der Waals surface area (Å²) in [6.07, 6.45) is 0.171. The highest BCUT2D eigenvalue weighted by atomic mass is 35.5. The zero-order valence-electron chi connectivity index (χ0n) is 14.6. The van der Waals surface area contributed by atoms with Gasteiger partial charge in [-0.15, -0.1) is 11.3 Å². The molecule has 0 N–H and O–H groups in total. The number of para-hydroxylation sites is 1. The van der Waals surface area contributed by atoms with E-state index >= 15 is 0 Å². The van der Waals surface area contributed by atoms with Gasteiger partial charge in [0, 0.05) is 5.38 Å². The molecule has 0 radical (unpaired) electrons. The van der Waals surface area contributed by atoms with E-state index in [0.717, 1.165) is 16.9 Å². The zero-order valence-corrected chi connectivity index (χ0v) is 16.2. The number of hydrogen-bond acceptors (Lipinski definition) is 5. The summed E-state index contributed by atoms with van der Waals surface area (Å²) in [6, 6.07) is 13.1. The summed E-state index contributed by atoms with van der Waals surface area (Å²) >= 11 is 7.75. The molecule has 1 aliphatic heterocycles. The maximum absolute atomic E-state index is 13.2. The molecule has 2 aromatic carbocycles. The number of benzene rings is 2. The third-order valence-electron chi connectivity index (χ3n) is 4.07. The van der Waals surface area contributed by atoms with E-state index < -0.39 is 0 Å². The summed E-state index contributed by atoms with van der Waals surface area (Å²) < 4.78 is 11.2. The van der Waals surface area contributed by atoms with Crippen LogP contribution in [-0.2, 0) is 11.2 Å². The van der Waals surface area contributed by atoms with Gasteiger partial charge in [0.25, 0.3) is 0 Å². The maximum atomic E-state index is 13.2. The number of nitrogens with zero attached hydrogens (tertiary/aromatic N) is 2. The van der Waals surface area contributed by atoms with E-state index in [-0.39, 0.29) is 12.3 Å². The van der Waals surface area contributed by atoms with Crippen LogP contribution in [0, 0.1) is 6.92 Å². The minimum Gasteiger partial charge on any atom is -0.486 e. The normalized spacial score (nSPS) is 12.7. The highest BCUT2D eigenvalue weighted by Crippen LogP contribution is 2.39. The number of thiazole rings is 1. The van der Waals surface area contributed by atoms with Crippen molar-refractivity contribution in [2.24, 2.45) is 0 Å². The van der Waals surface area contributed by atoms with Gasteiger partial charge in [0.1, 0.15) is 13.2 Å². The molecule has 7 heteroatoms. The summed E-state index contributed by atoms with van der Waals surface area (Å²) in [6.45, 7) is 2.85. The van der Waals surface area contributed by atoms with Crippen LogP contribution in [0.25, 0.3) is 0 Å². The van der Waals surface area contributed by atoms with E-state index in [1.165, 1.54) is 11.3 Å². The quantitative estimate of drug-likeness (QED) is 0.632. The zero-order chi connectivity index (χ0) is 18.8. The number of aryl methyl sites for hydroxylation is 1. The number of aromatic nitrogens is 1. The molecule has 0 spiro atoms. The van der Waals surface area contributed by atoms with E-state index in [9.17, 15) is 4.79 Å². The van der Waals surface area contributed by atoms with Crippen LogP contribution < -0.4 is 14.4 Å². The van der Waals surface area contributed by atoms with E-state index in [1.54, 1.807) is 11.0 Å². The minimum atomic E-state index is -0.0942. The van der Waals surface area contributed by atoms with Crippen molar-refractivity contribution in [3.05, 3.63) is 64.1 Å². The standard InChI is InChI=1S/C20H17ClN2O3S/c1-13-12-27-20(22-13)23(15-5-3-2-4-6-15)18(24)11-14-9-16(21)19-17(10-14)25-7-8-26-19/h2-6,9-10,12H,7-8,11H2,1H3. The van der Waals surface area contributed by atoms with Crippen LogP contribution in [0.1, 0.15) is 11.3 Å². The van der Waals surface area contributed by atoms with Crippen molar-refractivity contribution in [2.75, 3.05) is 18.1 Å². The lowest BCUT2D eigenvalue weighted by Crippen LogP contribution is -2.27. The fourth-order valence-corrected chi connectivity index (χ4v) is 4.03. The Hall–Kier alpha value is -2.57. The van der Waals surface area contributed by atoms with Gasteiger partial charge in [-0.2, -0.15) is 0 Å². The number of hydrogen-bond donors (Lipinski definition) is 0. The number of ether oxygens (including phenoxy) is 2. The summed E-state index contributed by atoms with van der Waals surface area (Å²) in [5.41, 5.74) is 2.43. The highest BCUT2D eigenvalue weighted by Gasteiger charge is 2.23. The van der Waals surface area contributed by atoms with Crippen LogP contribution >= 0.6 is 22.9 Å². The minimum absolute atomic E-state index is 0.0942. The molecule has 5 nitrogen and oxygen atoms in total. The summed E-state index contributed by atoms with van der Waals surface area (Å²) in [5.74, 6) is 1.02. The fourth-order valence-electron chi connectivity index (χ4n) is 2.90. The predicted molar refractivity (Wildman–Crippen MR) is 107 cm³/mol. The van der Waals surface area contributed by atoms with E-state index in [4.69, 9.17) is 21.1 Å². The predicted octanol–water partition coefficient (Wildman–Crippen LogP) is 4.78. The SMILES string of the molecule is Cc1csc(N(C(=O)Cc2cc(Cl)c3c(c2)OCCO3)c2ccccc2)n1. The molecule has 0 saturated heterocycles. The average molecular weight is 401 g/mol. The molecular weight excluding hydrogens is 384 g/mol. The Labute approximate surface area is 166 Å². The van der Waals surface area contributed by atoms with Crippen LogP contribution in [-0.4, -0.2) is 24.1 Å². The topological polar surface area (TPSA) is 51.7 Å². The molecule has 4 rings (SSSR count). The molecular formula is C20H17ClN2O3S. The van der Waals surface area contributed by atoms with Gasteiger partial charge in [-0.25, -0.2) is 4.98 Å². The first kappa shape index (κ1) is 17.8. The van der Waals surface area contributed by atoms with Crippen molar-refractivity contribution in [3.63, 3.8) is 0 Å². The third-order valence-corrected chi connectivity index (χ3v) is 5.30. The van der Waals surface area contributed by atoms with Crippen LogP contribution in [0.3, 0.4) is 0 Å². The molecule has 1 amide bonds. The van der Waals surface area contributed by atoms with E-state index in [2.05, 4.69) is 4.98 Å². The number of carbonyl (C=O) groups excluding carboxylic acids is 1. The monoisotopic (exact) mass is 400 g/mol. The lowest BCUT2D eigenvalue weighted by molar-refractivity contribution is -0.117. The Morgan fingerprint density at radius 3 is 2.74 bits per heavy atom. The lowest BCUT2D eigenvalue weighted by atomic mass is 10.1. The number of anilines is 2. The summed E-state index contributed by atoms with van der Waals surface area (Å²) in [4.78, 5) is 19.3. The molecule has 0 unspecified atom stereocenters. The molecule has 0 atom stereocenters. The number of carbonyl (C=O) groups is 1. The highest BCUT2D eigenvalue weighted by molar-refractivity contribution is 7.14. The van der Waals surface area contributed by atoms with Gasteiger partial charge in [-0.1, -0.05) is 29.8 Å². The molecule has 3 aromatic rings. The lowest BCUT2D eigenvalue weighted by Gasteiger charge is -2.22. The van der Waals surface area contributed by atoms with Crippen LogP contribution in [0.15, 0.2) is 47.8 Å². The first-order chi connectivity index (χ1) is 13.1. The number of fused-ring (bicyclic) bond motifs is 1. The van der Waals surface area contributed by atoms with E-state index in [0.29, 0.717) is 34.9 Å². The average Bonchev–Trinajstić information content (AvgIpc) is 3.08. The summed E-state index contributed by atoms with van der Waals surface area (Å²) in [7, 11) is 0. The Morgan fingerprint density at radius 1 is 1.22 bits per heavy atom. The molecule has 1 aromatic heterocycles. The Morgan fingerprint density at radius 2 is 2.00 bits per heavy atom. The van der Waals surface area contributed by atoms with Crippen molar-refractivity contribution >= 4 is 39.7 Å². The van der Waals surface area contributed by atoms with Crippen molar-refractivity contribution in [2.45, 2.75) is 13.3 Å². The molecule has 2 heterocycles. The molecule has 0 fully saturated rings. The maximum Gasteiger partial charge on any atom is 0.237 e. The van der Waals surface area contributed by atoms with Crippen LogP contribution in [0.5, 0.6) is 11.5 Å². The van der Waals surface area contributed by atoms with Crippen molar-refractivity contribution in [1.82, 2.24) is 4.98 Å². The van der Waals surface area contributed by atoms with E-state index in [1.807, 2.05) is 48.7 Å². The molecule has 138 valence electrons. The first-order valence-corrected chi connectivity index (χ1v) is 9.76. The smallest absolute Gasteiger partial charge is 0.237 e. The number of amides is 1. The Balaban J connectivity index is 1.66. The van der Waals surface area contributed by atoms with Crippen LogP contribution in [0.4, 0.5) is 10.8 Å². The Bertz CT molecular complexity index is 975. The fraction of sp³-hybridized carbons (Fsp3) is 0.200. The van der Waals surface area contributed by atoms with Gasteiger partial charge in [-0.05, 0) is 36.8 Å². The second-order valence-electron chi connectivity index (χ2n) is 6.11. The van der Waals surface area contributed by atoms with Crippen molar-refractivity contribution in [1.29, 1.82) is 0 Å². The molecule has 0 aliphatic carbocycles. The third kappa shape index (κ3) is 3.77. The Kier molecular flexibility index (Phi) is 5.01. The largest absolute Gasteiger partial charge is 0.486 e. The van der Waals surface area contributed by atoms with Crippen molar-refractivity contribution < 1.29 is 14.3 Å². The number of rotatable bonds is 4. The van der Waals surface area contributed by atoms with Gasteiger partial charge in [0.2, 0.25) is 5.91 Å². The second-order valence-corrected chi connectivity index (χ2v) is 7.36. The first-order valence-electron chi connectivity index (χ1n) is 8.50. The molecule has 27 heavy (non-hydrogen) atoms. The van der Waals surface area contributed by atoms with Gasteiger partial charge in [-0.3, -0.25) is 9.69 Å². The van der Waals surface area contributed by atoms with Gasteiger partial charge in [0.15, 0.2) is 16.6 Å². The molecule has 1 aliphatic rings. The molecule has 0 bridgehead atoms. The summed E-state index contributed by atoms with van der Waals surface area (Å²) in [5, 5.41) is 3.03. The number of halogens is 1. The second kappa shape index (κ2) is 7.58.